The Morgan fingerprint density at radius 2 is 2.12 bits per heavy atom. The van der Waals surface area contributed by atoms with E-state index in [2.05, 4.69) is 5.10 Å². The van der Waals surface area contributed by atoms with Crippen molar-refractivity contribution in [3.63, 3.8) is 0 Å². The van der Waals surface area contributed by atoms with Crippen molar-refractivity contribution in [2.24, 2.45) is 0 Å². The highest BCUT2D eigenvalue weighted by molar-refractivity contribution is 7.91. The van der Waals surface area contributed by atoms with Crippen LogP contribution in [-0.4, -0.2) is 35.5 Å². The second kappa shape index (κ2) is 7.13. The standard InChI is InChI=1S/C17H15Cl2FN2O3S/c1-10-13(3-5-16(23)11-2-4-15(20)14(18)8-11)17(19)22(21-10)12-6-7-26(24,25)9-12/h2-5,8,12H,6-7,9H2,1H3/b5-3+/t12-/m0/s1. The number of rotatable bonds is 4. The summed E-state index contributed by atoms with van der Waals surface area (Å²) in [6, 6.07) is 3.42. The van der Waals surface area contributed by atoms with Gasteiger partial charge in [-0.2, -0.15) is 5.10 Å². The molecule has 0 bridgehead atoms. The van der Waals surface area contributed by atoms with Crippen molar-refractivity contribution >= 4 is 44.9 Å². The Hall–Kier alpha value is -1.70. The highest BCUT2D eigenvalue weighted by Crippen LogP contribution is 2.30. The molecule has 3 rings (SSSR count). The van der Waals surface area contributed by atoms with Crippen LogP contribution in [0.5, 0.6) is 0 Å². The number of ketones is 1. The second-order valence-electron chi connectivity index (χ2n) is 6.12. The topological polar surface area (TPSA) is 69.0 Å². The van der Waals surface area contributed by atoms with E-state index in [1.54, 1.807) is 6.92 Å². The van der Waals surface area contributed by atoms with E-state index in [-0.39, 0.29) is 39.1 Å². The van der Waals surface area contributed by atoms with E-state index in [4.69, 9.17) is 23.2 Å². The summed E-state index contributed by atoms with van der Waals surface area (Å²) in [5.74, 6) is -0.844. The van der Waals surface area contributed by atoms with Crippen molar-refractivity contribution in [3.8, 4) is 0 Å². The van der Waals surface area contributed by atoms with Crippen LogP contribution in [0, 0.1) is 12.7 Å². The molecule has 1 aliphatic heterocycles. The molecule has 9 heteroatoms. The molecule has 0 saturated carbocycles. The van der Waals surface area contributed by atoms with Crippen LogP contribution in [0.4, 0.5) is 4.39 Å². The Bertz CT molecular complexity index is 1020. The van der Waals surface area contributed by atoms with Crippen LogP contribution in [-0.2, 0) is 9.84 Å². The summed E-state index contributed by atoms with van der Waals surface area (Å²) in [6.45, 7) is 1.73. The van der Waals surface area contributed by atoms with E-state index < -0.39 is 15.7 Å². The maximum absolute atomic E-state index is 13.2. The van der Waals surface area contributed by atoms with Crippen molar-refractivity contribution in [1.29, 1.82) is 0 Å². The van der Waals surface area contributed by atoms with Gasteiger partial charge >= 0.3 is 0 Å². The molecule has 0 radical (unpaired) electrons. The molecule has 138 valence electrons. The molecule has 26 heavy (non-hydrogen) atoms. The quantitative estimate of drug-likeness (QED) is 0.559. The number of allylic oxidation sites excluding steroid dienone is 1. The van der Waals surface area contributed by atoms with Crippen LogP contribution < -0.4 is 0 Å². The van der Waals surface area contributed by atoms with Crippen LogP contribution in [0.25, 0.3) is 6.08 Å². The zero-order valence-corrected chi connectivity index (χ0v) is 16.1. The van der Waals surface area contributed by atoms with E-state index in [0.717, 1.165) is 6.07 Å². The Labute approximate surface area is 160 Å². The van der Waals surface area contributed by atoms with Crippen LogP contribution >= 0.6 is 23.2 Å². The Kier molecular flexibility index (Phi) is 5.23. The van der Waals surface area contributed by atoms with Gasteiger partial charge in [-0.3, -0.25) is 4.79 Å². The van der Waals surface area contributed by atoms with Crippen LogP contribution in [0.15, 0.2) is 24.3 Å². The third kappa shape index (κ3) is 3.84. The molecule has 0 N–H and O–H groups in total. The maximum atomic E-state index is 13.2. The molecule has 1 aliphatic rings. The van der Waals surface area contributed by atoms with Gasteiger partial charge in [0.05, 0.1) is 28.3 Å². The monoisotopic (exact) mass is 416 g/mol. The van der Waals surface area contributed by atoms with Crippen molar-refractivity contribution in [2.45, 2.75) is 19.4 Å². The van der Waals surface area contributed by atoms with Gasteiger partial charge in [0, 0.05) is 11.1 Å². The molecule has 0 amide bonds. The molecule has 1 aromatic heterocycles. The molecule has 1 atom stereocenters. The number of nitrogens with zero attached hydrogens (tertiary/aromatic N) is 2. The number of hydrogen-bond donors (Lipinski definition) is 0. The summed E-state index contributed by atoms with van der Waals surface area (Å²) in [5.41, 5.74) is 1.37. The number of carbonyl (C=O) groups excluding carboxylic acids is 1. The molecule has 2 aromatic rings. The van der Waals surface area contributed by atoms with Crippen molar-refractivity contribution in [2.75, 3.05) is 11.5 Å². The predicted molar refractivity (Wildman–Crippen MR) is 99.1 cm³/mol. The lowest BCUT2D eigenvalue weighted by molar-refractivity contribution is 0.104. The molecule has 1 aromatic carbocycles. The van der Waals surface area contributed by atoms with Gasteiger partial charge in [0.15, 0.2) is 15.6 Å². The van der Waals surface area contributed by atoms with Gasteiger partial charge in [-0.25, -0.2) is 17.5 Å². The normalized spacial score (nSPS) is 19.3. The highest BCUT2D eigenvalue weighted by Gasteiger charge is 2.31. The van der Waals surface area contributed by atoms with Crippen molar-refractivity contribution < 1.29 is 17.6 Å². The molecule has 0 aliphatic carbocycles. The lowest BCUT2D eigenvalue weighted by atomic mass is 10.1. The van der Waals surface area contributed by atoms with Gasteiger partial charge in [-0.05, 0) is 43.7 Å². The fraction of sp³-hybridized carbons (Fsp3) is 0.294. The maximum Gasteiger partial charge on any atom is 0.185 e. The van der Waals surface area contributed by atoms with Crippen LogP contribution in [0.2, 0.25) is 10.2 Å². The molecule has 2 heterocycles. The van der Waals surface area contributed by atoms with Crippen LogP contribution in [0.1, 0.15) is 34.1 Å². The fourth-order valence-electron chi connectivity index (χ4n) is 2.84. The number of aryl methyl sites for hydroxylation is 1. The number of aromatic nitrogens is 2. The third-order valence-corrected chi connectivity index (χ3v) is 6.65. The molecule has 5 nitrogen and oxygen atoms in total. The molecule has 1 fully saturated rings. The van der Waals surface area contributed by atoms with Crippen molar-refractivity contribution in [1.82, 2.24) is 9.78 Å². The van der Waals surface area contributed by atoms with Gasteiger partial charge in [0.25, 0.3) is 0 Å². The first-order valence-corrected chi connectivity index (χ1v) is 10.4. The first kappa shape index (κ1) is 19.1. The second-order valence-corrected chi connectivity index (χ2v) is 9.11. The lowest BCUT2D eigenvalue weighted by Gasteiger charge is -2.09. The minimum Gasteiger partial charge on any atom is -0.289 e. The zero-order valence-electron chi connectivity index (χ0n) is 13.7. The smallest absolute Gasteiger partial charge is 0.185 e. The molecular formula is C17H15Cl2FN2O3S. The summed E-state index contributed by atoms with van der Waals surface area (Å²) >= 11 is 12.0. The minimum atomic E-state index is -3.07. The highest BCUT2D eigenvalue weighted by atomic mass is 35.5. The molecular weight excluding hydrogens is 402 g/mol. The summed E-state index contributed by atoms with van der Waals surface area (Å²) in [4.78, 5) is 12.2. The summed E-state index contributed by atoms with van der Waals surface area (Å²) in [6.07, 6.45) is 3.28. The number of hydrogen-bond acceptors (Lipinski definition) is 4. The molecule has 1 saturated heterocycles. The van der Waals surface area contributed by atoms with Crippen molar-refractivity contribution in [3.05, 3.63) is 57.1 Å². The summed E-state index contributed by atoms with van der Waals surface area (Å²) in [7, 11) is -3.07. The first-order valence-electron chi connectivity index (χ1n) is 7.80. The van der Waals surface area contributed by atoms with Gasteiger partial charge in [0.2, 0.25) is 0 Å². The average molecular weight is 417 g/mol. The Balaban J connectivity index is 1.85. The van der Waals surface area contributed by atoms with Gasteiger partial charge < -0.3 is 0 Å². The predicted octanol–water partition coefficient (Wildman–Crippen LogP) is 3.89. The van der Waals surface area contributed by atoms with Gasteiger partial charge in [-0.1, -0.05) is 23.2 Å². The summed E-state index contributed by atoms with van der Waals surface area (Å²) < 4.78 is 38.0. The lowest BCUT2D eigenvalue weighted by Crippen LogP contribution is -2.12. The zero-order chi connectivity index (χ0) is 19.1. The number of halogens is 3. The largest absolute Gasteiger partial charge is 0.289 e. The van der Waals surface area contributed by atoms with Gasteiger partial charge in [-0.15, -0.1) is 0 Å². The number of carbonyl (C=O) groups is 1. The van der Waals surface area contributed by atoms with E-state index in [0.29, 0.717) is 17.7 Å². The summed E-state index contributed by atoms with van der Waals surface area (Å²) in [5, 5.41) is 4.47. The van der Waals surface area contributed by atoms with E-state index >= 15 is 0 Å². The van der Waals surface area contributed by atoms with E-state index in [9.17, 15) is 17.6 Å². The van der Waals surface area contributed by atoms with Crippen LogP contribution in [0.3, 0.4) is 0 Å². The Morgan fingerprint density at radius 3 is 2.73 bits per heavy atom. The SMILES string of the molecule is Cc1nn([C@H]2CCS(=O)(=O)C2)c(Cl)c1/C=C/C(=O)c1ccc(F)c(Cl)c1. The first-order chi connectivity index (χ1) is 12.2. The van der Waals surface area contributed by atoms with E-state index in [1.807, 2.05) is 0 Å². The van der Waals surface area contributed by atoms with Gasteiger partial charge in [0.1, 0.15) is 11.0 Å². The number of sulfone groups is 1. The molecule has 0 unspecified atom stereocenters. The average Bonchev–Trinajstić information content (AvgIpc) is 3.07. The van der Waals surface area contributed by atoms with E-state index in [1.165, 1.54) is 29.0 Å². The third-order valence-electron chi connectivity index (χ3n) is 4.23. The minimum absolute atomic E-state index is 0.00397. The Morgan fingerprint density at radius 1 is 1.38 bits per heavy atom. The molecule has 0 spiro atoms. The fourth-order valence-corrected chi connectivity index (χ4v) is 5.08. The number of benzene rings is 1.